The number of carbonyl (C=O) groups excluding carboxylic acids is 5. The molecule has 2 aliphatic rings. The van der Waals surface area contributed by atoms with Crippen molar-refractivity contribution in [3.05, 3.63) is 130 Å². The molecule has 19 heteroatoms. The summed E-state index contributed by atoms with van der Waals surface area (Å²) in [7, 11) is 2.70. The highest BCUT2D eigenvalue weighted by Crippen LogP contribution is 2.46. The van der Waals surface area contributed by atoms with Crippen molar-refractivity contribution in [2.75, 3.05) is 38.8 Å². The van der Waals surface area contributed by atoms with Crippen molar-refractivity contribution in [2.24, 2.45) is 26.1 Å². The molecule has 354 valence electrons. The predicted octanol–water partition coefficient (Wildman–Crippen LogP) is 6.53. The van der Waals surface area contributed by atoms with Crippen LogP contribution in [0, 0.1) is 6.92 Å². The molecule has 0 radical (unpaired) electrons. The fourth-order valence-electron chi connectivity index (χ4n) is 8.64. The molecule has 2 amide bonds. The third-order valence-corrected chi connectivity index (χ3v) is 13.3. The molecule has 4 aromatic heterocycles. The highest BCUT2D eigenvalue weighted by molar-refractivity contribution is 7.51. The molecule has 6 aromatic rings. The Labute approximate surface area is 392 Å². The van der Waals surface area contributed by atoms with E-state index in [0.717, 1.165) is 11.1 Å². The van der Waals surface area contributed by atoms with Gasteiger partial charge in [-0.15, -0.1) is 0 Å². The fraction of sp³-hybridized carbons (Fsp3) is 0.327. The number of aryl methyl sites for hydroxylation is 4. The van der Waals surface area contributed by atoms with Crippen LogP contribution in [0.5, 0.6) is 5.75 Å². The van der Waals surface area contributed by atoms with Gasteiger partial charge in [-0.1, -0.05) is 18.2 Å². The second-order valence-corrected chi connectivity index (χ2v) is 19.2. The van der Waals surface area contributed by atoms with Crippen LogP contribution in [0.2, 0.25) is 0 Å². The lowest BCUT2D eigenvalue weighted by Crippen LogP contribution is -2.35. The fourth-order valence-corrected chi connectivity index (χ4v) is 9.75. The van der Waals surface area contributed by atoms with Crippen LogP contribution in [-0.4, -0.2) is 108 Å². The molecule has 0 saturated carbocycles. The average Bonchev–Trinajstić information content (AvgIpc) is 4.11. The van der Waals surface area contributed by atoms with E-state index in [1.54, 1.807) is 119 Å². The number of hydrogen-bond donors (Lipinski definition) is 2. The summed E-state index contributed by atoms with van der Waals surface area (Å²) in [5.74, 6) is -0.246. The van der Waals surface area contributed by atoms with Crippen LogP contribution in [-0.2, 0) is 58.8 Å². The van der Waals surface area contributed by atoms with E-state index < -0.39 is 7.60 Å². The lowest BCUT2D eigenvalue weighted by Gasteiger charge is -2.20. The summed E-state index contributed by atoms with van der Waals surface area (Å²) >= 11 is 0. The zero-order valence-corrected chi connectivity index (χ0v) is 39.5. The van der Waals surface area contributed by atoms with E-state index in [-0.39, 0.29) is 92.2 Å². The summed E-state index contributed by atoms with van der Waals surface area (Å²) < 4.78 is 34.9. The van der Waals surface area contributed by atoms with Gasteiger partial charge in [0, 0.05) is 96.5 Å². The van der Waals surface area contributed by atoms with Gasteiger partial charge in [-0.3, -0.25) is 38.1 Å². The molecular weight excluding hydrogens is 892 g/mol. The minimum absolute atomic E-state index is 0.00582. The molecule has 6 heterocycles. The predicted molar refractivity (Wildman–Crippen MR) is 254 cm³/mol. The molecule has 1 saturated heterocycles. The molecule has 2 N–H and O–H groups in total. The minimum Gasteiger partial charge on any atom is -0.493 e. The molecule has 8 rings (SSSR count). The van der Waals surface area contributed by atoms with Crippen molar-refractivity contribution in [3.63, 3.8) is 0 Å². The van der Waals surface area contributed by atoms with E-state index in [4.69, 9.17) is 14.0 Å². The average molecular weight is 945 g/mol. The topological polar surface area (TPSA) is 211 Å². The Kier molecular flexibility index (Phi) is 13.8. The number of aliphatic imine (C=N–C) groups is 1. The van der Waals surface area contributed by atoms with Crippen molar-refractivity contribution in [2.45, 2.75) is 51.2 Å². The number of Topliss-reactive ketones (excluding diaryl/α,β-unsaturated/α-hetero) is 2. The number of aromatic nitrogens is 5. The van der Waals surface area contributed by atoms with Crippen LogP contribution in [0.3, 0.4) is 0 Å². The smallest absolute Gasteiger partial charge is 0.332 e. The van der Waals surface area contributed by atoms with E-state index in [0.29, 0.717) is 75.4 Å². The second-order valence-electron chi connectivity index (χ2n) is 17.3. The normalized spacial score (nSPS) is 15.3. The Hall–Kier alpha value is -6.98. The number of hydrogen-bond acceptors (Lipinski definition) is 11. The Bertz CT molecular complexity index is 3080. The number of benzene rings is 2. The number of nitrogens with zero attached hydrogens (tertiary/aromatic N) is 7. The first-order valence-electron chi connectivity index (χ1n) is 22.1. The van der Waals surface area contributed by atoms with Gasteiger partial charge >= 0.3 is 7.60 Å². The van der Waals surface area contributed by atoms with Gasteiger partial charge in [0.15, 0.2) is 17.4 Å². The molecule has 1 fully saturated rings. The second kappa shape index (κ2) is 19.7. The van der Waals surface area contributed by atoms with E-state index in [1.807, 2.05) is 6.92 Å². The Morgan fingerprint density at radius 1 is 0.897 bits per heavy atom. The monoisotopic (exact) mass is 944 g/mol. The first-order valence-corrected chi connectivity index (χ1v) is 23.8. The van der Waals surface area contributed by atoms with Gasteiger partial charge in [-0.05, 0) is 78.4 Å². The van der Waals surface area contributed by atoms with Gasteiger partial charge in [0.1, 0.15) is 11.4 Å². The molecule has 0 aliphatic carbocycles. The van der Waals surface area contributed by atoms with Gasteiger partial charge < -0.3 is 42.8 Å². The lowest BCUT2D eigenvalue weighted by molar-refractivity contribution is -0.116. The first kappa shape index (κ1) is 47.5. The van der Waals surface area contributed by atoms with Gasteiger partial charge in [0.05, 0.1) is 54.5 Å². The summed E-state index contributed by atoms with van der Waals surface area (Å²) in [5, 5.41) is 3.47. The number of fused-ring (bicyclic) bond motifs is 3. The number of nitrogens with one attached hydrogen (secondary N) is 1. The number of anilines is 1. The molecule has 2 unspecified atom stereocenters. The molecule has 2 atom stereocenters. The standard InChI is InChI=1S/C49H53N8O10P/c1-30-16-36-24-50-38-23-44(31(2)17-37(38)48(61)57(36)25-30)66-13-7-8-46(60)51-45-28-55(5)47(52-45)43(59)22-33-19-40(53(3)26-33)42(58)21-34-20-41(54(4)27-34)49(62)56-12-11-35-18-32(9-10-39(35)56)29-68(63,64)67-15-14-65-6/h9-12,17-20,23-24,26-28,36H,1,7-8,13-16,21-22,25,29H2,2-6H3,(H,51,60)(H,63,64). The van der Waals surface area contributed by atoms with Crippen molar-refractivity contribution < 1.29 is 47.4 Å². The maximum Gasteiger partial charge on any atom is 0.332 e. The van der Waals surface area contributed by atoms with Crippen LogP contribution in [0.4, 0.5) is 11.5 Å². The van der Waals surface area contributed by atoms with E-state index in [1.165, 1.54) is 11.7 Å². The largest absolute Gasteiger partial charge is 0.493 e. The number of amides is 2. The highest BCUT2D eigenvalue weighted by atomic mass is 31.2. The van der Waals surface area contributed by atoms with Gasteiger partial charge in [-0.2, -0.15) is 0 Å². The quantitative estimate of drug-likeness (QED) is 0.0386. The van der Waals surface area contributed by atoms with Crippen LogP contribution >= 0.6 is 7.60 Å². The molecule has 18 nitrogen and oxygen atoms in total. The van der Waals surface area contributed by atoms with Crippen LogP contribution in [0.25, 0.3) is 10.9 Å². The van der Waals surface area contributed by atoms with Crippen LogP contribution in [0.1, 0.15) is 83.5 Å². The van der Waals surface area contributed by atoms with Crippen LogP contribution in [0.15, 0.2) is 90.5 Å². The summed E-state index contributed by atoms with van der Waals surface area (Å²) in [6, 6.07) is 13.7. The summed E-state index contributed by atoms with van der Waals surface area (Å²) in [6.07, 6.45) is 9.46. The summed E-state index contributed by atoms with van der Waals surface area (Å²) in [6.45, 7) is 6.85. The third kappa shape index (κ3) is 10.4. The number of methoxy groups -OCH3 is 1. The van der Waals surface area contributed by atoms with Gasteiger partial charge in [-0.25, -0.2) is 4.98 Å². The summed E-state index contributed by atoms with van der Waals surface area (Å²) in [4.78, 5) is 88.0. The van der Waals surface area contributed by atoms with E-state index >= 15 is 0 Å². The van der Waals surface area contributed by atoms with Crippen LogP contribution < -0.4 is 10.1 Å². The molecule has 0 bridgehead atoms. The van der Waals surface area contributed by atoms with Crippen molar-refractivity contribution >= 4 is 65.5 Å². The molecule has 2 aliphatic heterocycles. The van der Waals surface area contributed by atoms with Crippen molar-refractivity contribution in [1.82, 2.24) is 28.2 Å². The number of carbonyl (C=O) groups is 5. The number of ketones is 2. The number of imidazole rings is 1. The van der Waals surface area contributed by atoms with Crippen molar-refractivity contribution in [1.29, 1.82) is 0 Å². The van der Waals surface area contributed by atoms with Crippen molar-refractivity contribution in [3.8, 4) is 5.75 Å². The molecule has 0 spiro atoms. The maximum atomic E-state index is 13.8. The molecule has 2 aromatic carbocycles. The summed E-state index contributed by atoms with van der Waals surface area (Å²) in [5.41, 5.74) is 6.03. The first-order chi connectivity index (χ1) is 32.5. The number of ether oxygens (including phenoxy) is 2. The minimum atomic E-state index is -3.89. The Morgan fingerprint density at radius 3 is 2.40 bits per heavy atom. The van der Waals surface area contributed by atoms with E-state index in [9.17, 15) is 33.4 Å². The van der Waals surface area contributed by atoms with E-state index in [2.05, 4.69) is 21.9 Å². The Morgan fingerprint density at radius 2 is 1.63 bits per heavy atom. The Balaban J connectivity index is 0.824. The SMILES string of the molecule is C=C1CC2C=Nc3cc(OCCCC(=O)Nc4cn(C)c(C(=O)Cc5cc(C(=O)Cc6cc(C(=O)n7ccc8cc(CP(=O)(O)OCCOC)ccc87)n(C)c6)n(C)c5)n4)c(C)cc3C(=O)N2C1. The third-order valence-electron chi connectivity index (χ3n) is 12.0. The van der Waals surface area contributed by atoms with Gasteiger partial charge in [0.2, 0.25) is 11.7 Å². The number of rotatable bonds is 19. The zero-order chi connectivity index (χ0) is 48.4. The van der Waals surface area contributed by atoms with Gasteiger partial charge in [0.25, 0.3) is 11.8 Å². The molecular formula is C49H53N8O10P. The lowest BCUT2D eigenvalue weighted by atomic mass is 10.1. The zero-order valence-electron chi connectivity index (χ0n) is 38.6. The molecule has 68 heavy (non-hydrogen) atoms. The highest BCUT2D eigenvalue weighted by Gasteiger charge is 2.34. The maximum absolute atomic E-state index is 13.8.